The molecule has 2 N–H and O–H groups in total. The van der Waals surface area contributed by atoms with E-state index in [9.17, 15) is 8.42 Å². The van der Waals surface area contributed by atoms with E-state index >= 15 is 0 Å². The van der Waals surface area contributed by atoms with Crippen molar-refractivity contribution in [2.75, 3.05) is 12.9 Å². The van der Waals surface area contributed by atoms with Gasteiger partial charge in [-0.3, -0.25) is 0 Å². The van der Waals surface area contributed by atoms with Crippen molar-refractivity contribution in [1.29, 1.82) is 0 Å². The Morgan fingerprint density at radius 1 is 1.44 bits per heavy atom. The lowest BCUT2D eigenvalue weighted by Gasteiger charge is -2.18. The molecule has 0 fully saturated rings. The van der Waals surface area contributed by atoms with Gasteiger partial charge in [-0.2, -0.15) is 4.98 Å². The lowest BCUT2D eigenvalue weighted by atomic mass is 10.2. The zero-order valence-corrected chi connectivity index (χ0v) is 9.75. The summed E-state index contributed by atoms with van der Waals surface area (Å²) in [5.41, 5.74) is 6.77. The van der Waals surface area contributed by atoms with Crippen molar-refractivity contribution in [3.8, 4) is 5.88 Å². The Labute approximate surface area is 93.8 Å². The zero-order chi connectivity index (χ0) is 11.8. The fourth-order valence-corrected chi connectivity index (χ4v) is 3.09. The third-order valence-corrected chi connectivity index (χ3v) is 4.05. The predicted octanol–water partition coefficient (Wildman–Crippen LogP) is -0.585. The summed E-state index contributed by atoms with van der Waals surface area (Å²) in [4.78, 5) is 8.29. The Morgan fingerprint density at radius 2 is 2.19 bits per heavy atom. The first-order valence-electron chi connectivity index (χ1n) is 4.89. The van der Waals surface area contributed by atoms with Gasteiger partial charge in [-0.15, -0.1) is 0 Å². The Hall–Kier alpha value is -1.21. The predicted molar refractivity (Wildman–Crippen MR) is 57.7 cm³/mol. The third kappa shape index (κ3) is 2.00. The van der Waals surface area contributed by atoms with Gasteiger partial charge < -0.3 is 10.5 Å². The number of nitrogens with two attached hydrogens (primary N) is 1. The van der Waals surface area contributed by atoms with Gasteiger partial charge in [0, 0.05) is 6.42 Å². The van der Waals surface area contributed by atoms with Crippen LogP contribution in [0.15, 0.2) is 0 Å². The molecule has 2 heterocycles. The summed E-state index contributed by atoms with van der Waals surface area (Å²) in [6.45, 7) is 0.219. The summed E-state index contributed by atoms with van der Waals surface area (Å²) >= 11 is 0. The van der Waals surface area contributed by atoms with Crippen LogP contribution in [0, 0.1) is 0 Å². The number of rotatable bonds is 2. The molecule has 88 valence electrons. The van der Waals surface area contributed by atoms with E-state index in [0.29, 0.717) is 23.7 Å². The molecule has 2 rings (SSSR count). The summed E-state index contributed by atoms with van der Waals surface area (Å²) in [7, 11) is -1.58. The van der Waals surface area contributed by atoms with Crippen LogP contribution in [-0.2, 0) is 28.6 Å². The number of hydrogen-bond donors (Lipinski definition) is 1. The number of fused-ring (bicyclic) bond motifs is 1. The van der Waals surface area contributed by atoms with Crippen LogP contribution in [0.25, 0.3) is 0 Å². The molecule has 0 saturated carbocycles. The second kappa shape index (κ2) is 3.99. The van der Waals surface area contributed by atoms with Gasteiger partial charge in [-0.25, -0.2) is 13.4 Å². The van der Waals surface area contributed by atoms with Gasteiger partial charge in [0.2, 0.25) is 5.88 Å². The van der Waals surface area contributed by atoms with E-state index in [0.717, 1.165) is 5.69 Å². The van der Waals surface area contributed by atoms with Crippen molar-refractivity contribution in [3.63, 3.8) is 0 Å². The highest BCUT2D eigenvalue weighted by Crippen LogP contribution is 2.26. The van der Waals surface area contributed by atoms with Crippen LogP contribution in [0.4, 0.5) is 0 Å². The molecule has 0 bridgehead atoms. The van der Waals surface area contributed by atoms with Crippen LogP contribution >= 0.6 is 0 Å². The largest absolute Gasteiger partial charge is 0.481 e. The number of methoxy groups -OCH3 is 1. The minimum Gasteiger partial charge on any atom is -0.481 e. The lowest BCUT2D eigenvalue weighted by Crippen LogP contribution is -2.22. The minimum atomic E-state index is -3.04. The molecular weight excluding hydrogens is 230 g/mol. The molecule has 0 aliphatic carbocycles. The Balaban J connectivity index is 2.54. The summed E-state index contributed by atoms with van der Waals surface area (Å²) in [5.74, 6) is 0.893. The Morgan fingerprint density at radius 3 is 2.81 bits per heavy atom. The highest BCUT2D eigenvalue weighted by atomic mass is 32.2. The highest BCUT2D eigenvalue weighted by molar-refractivity contribution is 7.90. The van der Waals surface area contributed by atoms with Gasteiger partial charge in [0.1, 0.15) is 5.82 Å². The topological polar surface area (TPSA) is 95.2 Å². The normalized spacial score (nSPS) is 17.9. The van der Waals surface area contributed by atoms with Gasteiger partial charge in [0.05, 0.1) is 36.4 Å². The standard InChI is InChI=1S/C9H13N3O3S/c1-15-9-6-5-16(13,14)3-2-7(6)11-8(4-10)12-9/h2-5,10H2,1H3. The summed E-state index contributed by atoms with van der Waals surface area (Å²) < 4.78 is 28.1. The van der Waals surface area contributed by atoms with Gasteiger partial charge >= 0.3 is 0 Å². The monoisotopic (exact) mass is 243 g/mol. The SMILES string of the molecule is COc1nc(CN)nc2c1CS(=O)(=O)CC2. The van der Waals surface area contributed by atoms with Crippen molar-refractivity contribution in [3.05, 3.63) is 17.1 Å². The van der Waals surface area contributed by atoms with E-state index in [2.05, 4.69) is 9.97 Å². The zero-order valence-electron chi connectivity index (χ0n) is 8.93. The van der Waals surface area contributed by atoms with Gasteiger partial charge in [0.15, 0.2) is 9.84 Å². The Kier molecular flexibility index (Phi) is 2.81. The number of aryl methyl sites for hydroxylation is 1. The average molecular weight is 243 g/mol. The number of aromatic nitrogens is 2. The van der Waals surface area contributed by atoms with Gasteiger partial charge in [0.25, 0.3) is 0 Å². The summed E-state index contributed by atoms with van der Waals surface area (Å²) in [5, 5.41) is 0. The first-order valence-corrected chi connectivity index (χ1v) is 6.71. The molecule has 7 heteroatoms. The average Bonchev–Trinajstić information content (AvgIpc) is 2.26. The first kappa shape index (κ1) is 11.3. The van der Waals surface area contributed by atoms with Gasteiger partial charge in [-0.05, 0) is 0 Å². The molecule has 0 radical (unpaired) electrons. The van der Waals surface area contributed by atoms with E-state index in [1.54, 1.807) is 0 Å². The van der Waals surface area contributed by atoms with Crippen molar-refractivity contribution in [2.45, 2.75) is 18.7 Å². The third-order valence-electron chi connectivity index (χ3n) is 2.49. The van der Waals surface area contributed by atoms with E-state index in [1.165, 1.54) is 7.11 Å². The molecule has 1 aromatic heterocycles. The second-order valence-electron chi connectivity index (χ2n) is 3.62. The maximum absolute atomic E-state index is 11.5. The molecule has 0 spiro atoms. The van der Waals surface area contributed by atoms with Crippen molar-refractivity contribution >= 4 is 9.84 Å². The fourth-order valence-electron chi connectivity index (χ4n) is 1.71. The Bertz CT molecular complexity index is 496. The van der Waals surface area contributed by atoms with Gasteiger partial charge in [-0.1, -0.05) is 0 Å². The number of hydrogen-bond acceptors (Lipinski definition) is 6. The van der Waals surface area contributed by atoms with Crippen molar-refractivity contribution < 1.29 is 13.2 Å². The van der Waals surface area contributed by atoms with Crippen LogP contribution in [0.1, 0.15) is 17.1 Å². The highest BCUT2D eigenvalue weighted by Gasteiger charge is 2.26. The summed E-state index contributed by atoms with van der Waals surface area (Å²) in [6.07, 6.45) is 0.406. The van der Waals surface area contributed by atoms with E-state index < -0.39 is 9.84 Å². The minimum absolute atomic E-state index is 0.0453. The molecule has 1 aromatic rings. The number of ether oxygens (including phenoxy) is 1. The molecule has 6 nitrogen and oxygen atoms in total. The molecule has 1 aliphatic rings. The molecular formula is C9H13N3O3S. The quantitative estimate of drug-likeness (QED) is 0.746. The van der Waals surface area contributed by atoms with Crippen LogP contribution < -0.4 is 10.5 Å². The molecule has 0 saturated heterocycles. The first-order chi connectivity index (χ1) is 7.55. The van der Waals surface area contributed by atoms with Crippen molar-refractivity contribution in [2.24, 2.45) is 5.73 Å². The van der Waals surface area contributed by atoms with E-state index in [1.807, 2.05) is 0 Å². The molecule has 1 aliphatic heterocycles. The van der Waals surface area contributed by atoms with Crippen LogP contribution in [0.3, 0.4) is 0 Å². The molecule has 0 unspecified atom stereocenters. The second-order valence-corrected chi connectivity index (χ2v) is 5.80. The maximum atomic E-state index is 11.5. The smallest absolute Gasteiger partial charge is 0.220 e. The molecule has 16 heavy (non-hydrogen) atoms. The van der Waals surface area contributed by atoms with Crippen molar-refractivity contribution in [1.82, 2.24) is 9.97 Å². The van der Waals surface area contributed by atoms with Crippen LogP contribution in [0.5, 0.6) is 5.88 Å². The van der Waals surface area contributed by atoms with Crippen LogP contribution in [0.2, 0.25) is 0 Å². The van der Waals surface area contributed by atoms with E-state index in [-0.39, 0.29) is 18.1 Å². The van der Waals surface area contributed by atoms with Crippen LogP contribution in [-0.4, -0.2) is 31.2 Å². The fraction of sp³-hybridized carbons (Fsp3) is 0.556. The number of sulfone groups is 1. The molecule has 0 amide bonds. The maximum Gasteiger partial charge on any atom is 0.220 e. The summed E-state index contributed by atoms with van der Waals surface area (Å²) in [6, 6.07) is 0. The number of nitrogens with zero attached hydrogens (tertiary/aromatic N) is 2. The lowest BCUT2D eigenvalue weighted by molar-refractivity contribution is 0.388. The van der Waals surface area contributed by atoms with E-state index in [4.69, 9.17) is 10.5 Å². The molecule has 0 atom stereocenters. The molecule has 0 aromatic carbocycles.